The predicted octanol–water partition coefficient (Wildman–Crippen LogP) is 2.77. The second kappa shape index (κ2) is 8.41. The van der Waals surface area contributed by atoms with Crippen molar-refractivity contribution in [1.82, 2.24) is 20.0 Å². The average Bonchev–Trinajstić information content (AvgIpc) is 3.03. The van der Waals surface area contributed by atoms with Gasteiger partial charge < -0.3 is 15.1 Å². The van der Waals surface area contributed by atoms with Crippen LogP contribution in [0.1, 0.15) is 50.5 Å². The minimum Gasteiger partial charge on any atom is -0.331 e. The first-order chi connectivity index (χ1) is 11.5. The summed E-state index contributed by atoms with van der Waals surface area (Å²) in [5.41, 5.74) is 0. The number of rotatable bonds is 5. The Kier molecular flexibility index (Phi) is 6.53. The first-order valence-electron chi connectivity index (χ1n) is 8.56. The SMILES string of the molecule is CCC(CC)c1nnc(NC(=O)[C@@H]2CCCN(C(=O)N(C)C)C2)s1. The van der Waals surface area contributed by atoms with E-state index in [1.54, 1.807) is 23.9 Å². The van der Waals surface area contributed by atoms with E-state index in [4.69, 9.17) is 0 Å². The molecule has 0 bridgehead atoms. The maximum Gasteiger partial charge on any atom is 0.319 e. The zero-order valence-electron chi connectivity index (χ0n) is 14.9. The summed E-state index contributed by atoms with van der Waals surface area (Å²) in [5, 5.41) is 12.7. The monoisotopic (exact) mass is 353 g/mol. The Bertz CT molecular complexity index is 571. The van der Waals surface area contributed by atoms with Crippen molar-refractivity contribution in [2.75, 3.05) is 32.5 Å². The number of carbonyl (C=O) groups is 2. The second-order valence-corrected chi connectivity index (χ2v) is 7.42. The van der Waals surface area contributed by atoms with Crippen LogP contribution in [0.15, 0.2) is 0 Å². The third-order valence-electron chi connectivity index (χ3n) is 4.45. The van der Waals surface area contributed by atoms with Gasteiger partial charge in [0.25, 0.3) is 0 Å². The molecule has 0 spiro atoms. The first-order valence-corrected chi connectivity index (χ1v) is 9.38. The molecule has 0 aliphatic carbocycles. The van der Waals surface area contributed by atoms with Gasteiger partial charge in [0.05, 0.1) is 5.92 Å². The summed E-state index contributed by atoms with van der Waals surface area (Å²) in [7, 11) is 3.46. The average molecular weight is 353 g/mol. The number of hydrogen-bond acceptors (Lipinski definition) is 5. The lowest BCUT2D eigenvalue weighted by atomic mass is 9.97. The van der Waals surface area contributed by atoms with Gasteiger partial charge in [-0.3, -0.25) is 4.79 Å². The summed E-state index contributed by atoms with van der Waals surface area (Å²) in [5.74, 6) is 0.137. The van der Waals surface area contributed by atoms with E-state index in [0.29, 0.717) is 24.1 Å². The van der Waals surface area contributed by atoms with E-state index in [-0.39, 0.29) is 17.9 Å². The maximum atomic E-state index is 12.5. The predicted molar refractivity (Wildman–Crippen MR) is 95.2 cm³/mol. The molecular formula is C16H27N5O2S. The van der Waals surface area contributed by atoms with E-state index >= 15 is 0 Å². The molecule has 2 heterocycles. The maximum absolute atomic E-state index is 12.5. The lowest BCUT2D eigenvalue weighted by molar-refractivity contribution is -0.121. The van der Waals surface area contributed by atoms with Crippen LogP contribution in [0.5, 0.6) is 0 Å². The summed E-state index contributed by atoms with van der Waals surface area (Å²) in [4.78, 5) is 27.9. The minimum atomic E-state index is -0.192. The van der Waals surface area contributed by atoms with E-state index in [9.17, 15) is 9.59 Å². The number of aromatic nitrogens is 2. The van der Waals surface area contributed by atoms with Crippen LogP contribution in [0.25, 0.3) is 0 Å². The second-order valence-electron chi connectivity index (χ2n) is 6.41. The van der Waals surface area contributed by atoms with Crippen molar-refractivity contribution in [3.63, 3.8) is 0 Å². The van der Waals surface area contributed by atoms with Gasteiger partial charge in [-0.15, -0.1) is 10.2 Å². The highest BCUT2D eigenvalue weighted by molar-refractivity contribution is 7.15. The third-order valence-corrected chi connectivity index (χ3v) is 5.45. The van der Waals surface area contributed by atoms with Crippen LogP contribution in [0, 0.1) is 5.92 Å². The molecule has 1 fully saturated rings. The normalized spacial score (nSPS) is 17.9. The molecule has 134 valence electrons. The van der Waals surface area contributed by atoms with Crippen LogP contribution in [-0.2, 0) is 4.79 Å². The van der Waals surface area contributed by atoms with Gasteiger partial charge in [-0.1, -0.05) is 25.2 Å². The number of likely N-dealkylation sites (tertiary alicyclic amines) is 1. The highest BCUT2D eigenvalue weighted by Crippen LogP contribution is 2.28. The van der Waals surface area contributed by atoms with Crippen molar-refractivity contribution in [2.24, 2.45) is 5.92 Å². The fraction of sp³-hybridized carbons (Fsp3) is 0.750. The molecule has 0 aromatic carbocycles. The fourth-order valence-electron chi connectivity index (χ4n) is 2.94. The zero-order valence-corrected chi connectivity index (χ0v) is 15.7. The summed E-state index contributed by atoms with van der Waals surface area (Å²) in [6.07, 6.45) is 3.67. The van der Waals surface area contributed by atoms with Crippen molar-refractivity contribution in [3.05, 3.63) is 5.01 Å². The van der Waals surface area contributed by atoms with E-state index < -0.39 is 0 Å². The first kappa shape index (κ1) is 18.6. The van der Waals surface area contributed by atoms with Crippen molar-refractivity contribution in [2.45, 2.75) is 45.4 Å². The molecule has 1 aromatic rings. The summed E-state index contributed by atoms with van der Waals surface area (Å²) in [6.45, 7) is 5.43. The highest BCUT2D eigenvalue weighted by Gasteiger charge is 2.29. The van der Waals surface area contributed by atoms with Crippen LogP contribution in [0.4, 0.5) is 9.93 Å². The molecule has 1 aliphatic heterocycles. The van der Waals surface area contributed by atoms with Gasteiger partial charge in [-0.25, -0.2) is 4.79 Å². The summed E-state index contributed by atoms with van der Waals surface area (Å²) >= 11 is 1.45. The lowest BCUT2D eigenvalue weighted by Crippen LogP contribution is -2.47. The van der Waals surface area contributed by atoms with E-state index in [1.165, 1.54) is 11.3 Å². The zero-order chi connectivity index (χ0) is 17.7. The number of amides is 3. The topological polar surface area (TPSA) is 78.4 Å². The molecule has 0 saturated carbocycles. The molecule has 2 rings (SSSR count). The molecule has 1 aliphatic rings. The molecule has 24 heavy (non-hydrogen) atoms. The van der Waals surface area contributed by atoms with Crippen molar-refractivity contribution in [3.8, 4) is 0 Å². The largest absolute Gasteiger partial charge is 0.331 e. The summed E-state index contributed by atoms with van der Waals surface area (Å²) in [6, 6.07) is -0.0422. The molecule has 1 aromatic heterocycles. The lowest BCUT2D eigenvalue weighted by Gasteiger charge is -2.33. The van der Waals surface area contributed by atoms with Crippen molar-refractivity contribution >= 4 is 28.4 Å². The van der Waals surface area contributed by atoms with Gasteiger partial charge in [0.1, 0.15) is 5.01 Å². The van der Waals surface area contributed by atoms with Gasteiger partial charge >= 0.3 is 6.03 Å². The Morgan fingerprint density at radius 3 is 2.67 bits per heavy atom. The van der Waals surface area contributed by atoms with Crippen LogP contribution in [-0.4, -0.2) is 59.1 Å². The number of nitrogens with zero attached hydrogens (tertiary/aromatic N) is 4. The molecule has 1 saturated heterocycles. The smallest absolute Gasteiger partial charge is 0.319 e. The number of urea groups is 1. The Balaban J connectivity index is 1.95. The molecule has 3 amide bonds. The molecular weight excluding hydrogens is 326 g/mol. The van der Waals surface area contributed by atoms with E-state index in [0.717, 1.165) is 30.7 Å². The Hall–Kier alpha value is -1.70. The van der Waals surface area contributed by atoms with E-state index in [2.05, 4.69) is 29.4 Å². The highest BCUT2D eigenvalue weighted by atomic mass is 32.1. The van der Waals surface area contributed by atoms with Crippen LogP contribution in [0.3, 0.4) is 0 Å². The van der Waals surface area contributed by atoms with Crippen LogP contribution < -0.4 is 5.32 Å². The van der Waals surface area contributed by atoms with Gasteiger partial charge in [-0.05, 0) is 25.7 Å². The molecule has 1 N–H and O–H groups in total. The fourth-order valence-corrected chi connectivity index (χ4v) is 3.96. The molecule has 0 unspecified atom stereocenters. The molecule has 7 nitrogen and oxygen atoms in total. The van der Waals surface area contributed by atoms with Crippen molar-refractivity contribution in [1.29, 1.82) is 0 Å². The quantitative estimate of drug-likeness (QED) is 0.883. The number of carbonyl (C=O) groups excluding carboxylic acids is 2. The van der Waals surface area contributed by atoms with Gasteiger partial charge in [0.15, 0.2) is 0 Å². The van der Waals surface area contributed by atoms with E-state index in [1.807, 2.05) is 0 Å². The number of hydrogen-bond donors (Lipinski definition) is 1. The van der Waals surface area contributed by atoms with Crippen LogP contribution in [0.2, 0.25) is 0 Å². The minimum absolute atomic E-state index is 0.0422. The van der Waals surface area contributed by atoms with Crippen LogP contribution >= 0.6 is 11.3 Å². The Morgan fingerprint density at radius 2 is 2.04 bits per heavy atom. The number of nitrogens with one attached hydrogen (secondary N) is 1. The Labute approximate surface area is 147 Å². The van der Waals surface area contributed by atoms with Gasteiger partial charge in [0.2, 0.25) is 11.0 Å². The standard InChI is InChI=1S/C16H27N5O2S/c1-5-11(6-2)14-18-19-15(24-14)17-13(22)12-8-7-9-21(10-12)16(23)20(3)4/h11-12H,5-10H2,1-4H3,(H,17,19,22)/t12-/m1/s1. The summed E-state index contributed by atoms with van der Waals surface area (Å²) < 4.78 is 0. The molecule has 0 radical (unpaired) electrons. The Morgan fingerprint density at radius 1 is 1.33 bits per heavy atom. The molecule has 8 heteroatoms. The van der Waals surface area contributed by atoms with Gasteiger partial charge in [-0.2, -0.15) is 0 Å². The van der Waals surface area contributed by atoms with Crippen molar-refractivity contribution < 1.29 is 9.59 Å². The number of anilines is 1. The number of piperidine rings is 1. The third kappa shape index (κ3) is 4.43. The molecule has 1 atom stereocenters. The van der Waals surface area contributed by atoms with Gasteiger partial charge in [0, 0.05) is 33.1 Å².